The molecule has 0 radical (unpaired) electrons. The number of hydrogen-bond donors (Lipinski definition) is 1. The summed E-state index contributed by atoms with van der Waals surface area (Å²) in [6.07, 6.45) is 4.27. The predicted octanol–water partition coefficient (Wildman–Crippen LogP) is 2.76. The smallest absolute Gasteiger partial charge is 0.303 e. The summed E-state index contributed by atoms with van der Waals surface area (Å²) in [5, 5.41) is 16.4. The summed E-state index contributed by atoms with van der Waals surface area (Å²) in [7, 11) is -2.75. The van der Waals surface area contributed by atoms with Crippen LogP contribution in [0.2, 0.25) is 5.02 Å². The fraction of sp³-hybridized carbons (Fsp3) is 0.522. The van der Waals surface area contributed by atoms with Gasteiger partial charge >= 0.3 is 10.2 Å². The number of aromatic nitrogens is 2. The van der Waals surface area contributed by atoms with Crippen molar-refractivity contribution in [1.82, 2.24) is 14.1 Å². The molecule has 2 aliphatic heterocycles. The minimum atomic E-state index is -4.02. The molecule has 13 heteroatoms. The van der Waals surface area contributed by atoms with Crippen LogP contribution in [-0.4, -0.2) is 62.4 Å². The van der Waals surface area contributed by atoms with Gasteiger partial charge in [-0.25, -0.2) is 9.07 Å². The van der Waals surface area contributed by atoms with Crippen LogP contribution in [0.25, 0.3) is 0 Å². The van der Waals surface area contributed by atoms with Crippen LogP contribution in [0.1, 0.15) is 37.3 Å². The van der Waals surface area contributed by atoms with Crippen LogP contribution < -0.4 is 15.2 Å². The first kappa shape index (κ1) is 26.3. The molecule has 0 amide bonds. The number of rotatable bonds is 7. The Balaban J connectivity index is 1.40. The van der Waals surface area contributed by atoms with Gasteiger partial charge in [0.1, 0.15) is 10.8 Å². The monoisotopic (exact) mass is 538 g/mol. The molecular formula is C23H28ClFN6O4S. The summed E-state index contributed by atoms with van der Waals surface area (Å²) in [5.74, 6) is -0.454. The number of halogens is 2. The zero-order chi connectivity index (χ0) is 25.9. The van der Waals surface area contributed by atoms with E-state index in [1.54, 1.807) is 0 Å². The zero-order valence-electron chi connectivity index (χ0n) is 19.9. The van der Waals surface area contributed by atoms with E-state index < -0.39 is 21.6 Å². The minimum Gasteiger partial charge on any atom is -0.382 e. The van der Waals surface area contributed by atoms with Crippen LogP contribution in [-0.2, 0) is 14.9 Å². The van der Waals surface area contributed by atoms with Crippen LogP contribution in [0.15, 0.2) is 29.2 Å². The topological polar surface area (TPSA) is 121 Å². The Hall–Kier alpha value is -2.72. The van der Waals surface area contributed by atoms with Crippen LogP contribution in [0, 0.1) is 23.1 Å². The SMILES string of the molecule is CN(c1ccc(C#N)cc1F)S(=O)(=O)N1CCC(n2ncc(NC[C@H]3CCCOC3)c(Cl)c2=O)CC1. The van der Waals surface area contributed by atoms with E-state index >= 15 is 0 Å². The molecule has 36 heavy (non-hydrogen) atoms. The van der Waals surface area contributed by atoms with Gasteiger partial charge in [-0.15, -0.1) is 0 Å². The maximum absolute atomic E-state index is 14.4. The molecule has 0 spiro atoms. The molecule has 2 aliphatic rings. The highest BCUT2D eigenvalue weighted by Gasteiger charge is 2.33. The predicted molar refractivity (Wildman–Crippen MR) is 134 cm³/mol. The average Bonchev–Trinajstić information content (AvgIpc) is 2.89. The molecule has 2 aromatic rings. The lowest BCUT2D eigenvalue weighted by atomic mass is 10.0. The lowest BCUT2D eigenvalue weighted by Crippen LogP contribution is -2.47. The molecule has 2 fully saturated rings. The normalized spacial score (nSPS) is 19.6. The molecule has 2 saturated heterocycles. The number of benzene rings is 1. The van der Waals surface area contributed by atoms with Crippen molar-refractivity contribution in [1.29, 1.82) is 5.26 Å². The average molecular weight is 539 g/mol. The van der Waals surface area contributed by atoms with Crippen LogP contribution in [0.3, 0.4) is 0 Å². The van der Waals surface area contributed by atoms with Crippen molar-refractivity contribution in [3.8, 4) is 6.07 Å². The van der Waals surface area contributed by atoms with Gasteiger partial charge in [0.05, 0.1) is 41.9 Å². The number of hydrogen-bond acceptors (Lipinski definition) is 7. The van der Waals surface area contributed by atoms with Crippen molar-refractivity contribution in [2.24, 2.45) is 5.92 Å². The third-order valence-electron chi connectivity index (χ3n) is 6.64. The van der Waals surface area contributed by atoms with Gasteiger partial charge in [-0.1, -0.05) is 11.6 Å². The van der Waals surface area contributed by atoms with E-state index in [4.69, 9.17) is 21.6 Å². The highest BCUT2D eigenvalue weighted by molar-refractivity contribution is 7.90. The van der Waals surface area contributed by atoms with E-state index in [0.29, 0.717) is 37.6 Å². The molecule has 1 N–H and O–H groups in total. The van der Waals surface area contributed by atoms with Crippen molar-refractivity contribution in [2.75, 3.05) is 49.5 Å². The quantitative estimate of drug-likeness (QED) is 0.575. The van der Waals surface area contributed by atoms with Gasteiger partial charge in [0.25, 0.3) is 5.56 Å². The summed E-state index contributed by atoms with van der Waals surface area (Å²) in [6, 6.07) is 5.12. The number of anilines is 2. The Morgan fingerprint density at radius 3 is 2.72 bits per heavy atom. The first-order valence-electron chi connectivity index (χ1n) is 11.7. The molecule has 0 aliphatic carbocycles. The third kappa shape index (κ3) is 5.49. The van der Waals surface area contributed by atoms with E-state index in [9.17, 15) is 17.6 Å². The molecule has 10 nitrogen and oxygen atoms in total. The molecule has 4 rings (SSSR count). The maximum Gasteiger partial charge on any atom is 0.303 e. The van der Waals surface area contributed by atoms with Crippen molar-refractivity contribution in [2.45, 2.75) is 31.7 Å². The molecule has 3 heterocycles. The van der Waals surface area contributed by atoms with Crippen LogP contribution >= 0.6 is 11.6 Å². The first-order chi connectivity index (χ1) is 17.2. The number of nitrogens with zero attached hydrogens (tertiary/aromatic N) is 5. The van der Waals surface area contributed by atoms with Crippen molar-refractivity contribution >= 4 is 33.2 Å². The highest BCUT2D eigenvalue weighted by atomic mass is 35.5. The number of nitrogens with one attached hydrogen (secondary N) is 1. The minimum absolute atomic E-state index is 0.0489. The Kier molecular flexibility index (Phi) is 8.14. The van der Waals surface area contributed by atoms with Gasteiger partial charge < -0.3 is 10.1 Å². The molecule has 1 atom stereocenters. The van der Waals surface area contributed by atoms with E-state index in [1.165, 1.54) is 34.4 Å². The fourth-order valence-electron chi connectivity index (χ4n) is 4.50. The largest absolute Gasteiger partial charge is 0.382 e. The summed E-state index contributed by atoms with van der Waals surface area (Å²) in [5.41, 5.74) is -0.0124. The van der Waals surface area contributed by atoms with Gasteiger partial charge in [0, 0.05) is 33.3 Å². The van der Waals surface area contributed by atoms with Crippen molar-refractivity contribution in [3.05, 3.63) is 51.2 Å². The Morgan fingerprint density at radius 1 is 1.33 bits per heavy atom. The second kappa shape index (κ2) is 11.1. The Bertz CT molecular complexity index is 1300. The third-order valence-corrected chi connectivity index (χ3v) is 8.91. The maximum atomic E-state index is 14.4. The standard InChI is InChI=1S/C23H28ClFN6O4S/c1-29(21-5-4-16(12-26)11-19(21)25)36(33,34)30-8-6-18(7-9-30)31-23(32)22(24)20(14-28-31)27-13-17-3-2-10-35-15-17/h4-5,11,14,17-18,27H,2-3,6-10,13,15H2,1H3/t17-/m1/s1. The lowest BCUT2D eigenvalue weighted by Gasteiger charge is -2.34. The van der Waals surface area contributed by atoms with Crippen molar-refractivity contribution in [3.63, 3.8) is 0 Å². The molecular weight excluding hydrogens is 511 g/mol. The molecule has 0 unspecified atom stereocenters. The van der Waals surface area contributed by atoms with Gasteiger partial charge in [-0.05, 0) is 49.8 Å². The molecule has 0 bridgehead atoms. The Morgan fingerprint density at radius 2 is 2.08 bits per heavy atom. The second-order valence-electron chi connectivity index (χ2n) is 8.97. The molecule has 0 saturated carbocycles. The number of nitriles is 1. The summed E-state index contributed by atoms with van der Waals surface area (Å²) in [4.78, 5) is 12.9. The molecule has 1 aromatic carbocycles. The van der Waals surface area contributed by atoms with Gasteiger partial charge in [0.15, 0.2) is 0 Å². The van der Waals surface area contributed by atoms with E-state index in [-0.39, 0.29) is 35.4 Å². The van der Waals surface area contributed by atoms with Crippen molar-refractivity contribution < 1.29 is 17.5 Å². The van der Waals surface area contributed by atoms with E-state index in [0.717, 1.165) is 29.8 Å². The fourth-order valence-corrected chi connectivity index (χ4v) is 6.12. The molecule has 194 valence electrons. The lowest BCUT2D eigenvalue weighted by molar-refractivity contribution is 0.0595. The van der Waals surface area contributed by atoms with Crippen LogP contribution in [0.5, 0.6) is 0 Å². The summed E-state index contributed by atoms with van der Waals surface area (Å²) >= 11 is 6.35. The first-order valence-corrected chi connectivity index (χ1v) is 13.5. The Labute approximate surface area is 214 Å². The van der Waals surface area contributed by atoms with E-state index in [2.05, 4.69) is 10.4 Å². The number of piperidine rings is 1. The van der Waals surface area contributed by atoms with Crippen LogP contribution in [0.4, 0.5) is 15.8 Å². The van der Waals surface area contributed by atoms with E-state index in [1.807, 2.05) is 6.07 Å². The van der Waals surface area contributed by atoms with Gasteiger partial charge in [-0.3, -0.25) is 9.10 Å². The van der Waals surface area contributed by atoms with Gasteiger partial charge in [0.2, 0.25) is 0 Å². The zero-order valence-corrected chi connectivity index (χ0v) is 21.4. The molecule has 1 aromatic heterocycles. The second-order valence-corrected chi connectivity index (χ2v) is 11.3. The highest BCUT2D eigenvalue weighted by Crippen LogP contribution is 2.28. The summed E-state index contributed by atoms with van der Waals surface area (Å²) < 4.78 is 49.5. The summed E-state index contributed by atoms with van der Waals surface area (Å²) in [6.45, 7) is 2.33. The number of ether oxygens (including phenoxy) is 1. The van der Waals surface area contributed by atoms with Gasteiger partial charge in [-0.2, -0.15) is 23.1 Å².